The number of ether oxygens (including phenoxy) is 19. The van der Waals surface area contributed by atoms with Gasteiger partial charge in [0.05, 0.1) is 84.9 Å². The van der Waals surface area contributed by atoms with Crippen LogP contribution in [0.4, 0.5) is 0 Å². The topological polar surface area (TPSA) is 1110 Å². The van der Waals surface area contributed by atoms with Crippen LogP contribution in [0, 0.1) is 0 Å². The van der Waals surface area contributed by atoms with Gasteiger partial charge in [-0.3, -0.25) is 13.6 Å². The summed E-state index contributed by atoms with van der Waals surface area (Å²) >= 11 is 0. The van der Waals surface area contributed by atoms with E-state index in [1.54, 1.807) is 0 Å². The maximum atomic E-state index is 14.4. The summed E-state index contributed by atoms with van der Waals surface area (Å²) in [5, 5.41) is 390. The summed E-state index contributed by atoms with van der Waals surface area (Å²) in [7, 11) is -19.4. The van der Waals surface area contributed by atoms with E-state index in [-0.39, 0.29) is 0 Å². The minimum atomic E-state index is -6.76. The van der Waals surface area contributed by atoms with Gasteiger partial charge < -0.3 is 294 Å². The number of phosphoric acid groups is 3. The lowest BCUT2D eigenvalue weighted by molar-refractivity contribution is -0.412. The molecule has 2 unspecified atom stereocenters. The monoisotopic (exact) mass is 2130 g/mol. The molecule has 68 nitrogen and oxygen atoms in total. The quantitative estimate of drug-likeness (QED) is 0.0252. The van der Waals surface area contributed by atoms with Crippen LogP contribution in [-0.4, -0.2) is 614 Å². The van der Waals surface area contributed by atoms with E-state index in [0.29, 0.717) is 0 Å². The van der Waals surface area contributed by atoms with Gasteiger partial charge in [-0.25, -0.2) is 23.3 Å². The summed E-state index contributed by atoms with van der Waals surface area (Å²) in [6.07, 6.45) is -138. The Morgan fingerprint density at radius 2 is 0.729 bits per heavy atom. The smallest absolute Gasteiger partial charge is 0.477 e. The molecule has 0 aromatic rings. The van der Waals surface area contributed by atoms with Crippen LogP contribution in [0.1, 0.15) is 12.8 Å². The van der Waals surface area contributed by atoms with Crippen molar-refractivity contribution in [3.05, 3.63) is 0 Å². The average molecular weight is 2130 g/mol. The van der Waals surface area contributed by atoms with Crippen molar-refractivity contribution in [3.63, 3.8) is 0 Å². The largest absolute Gasteiger partial charge is 0.481 e. The Kier molecular flexibility index (Phi) is 42.5. The van der Waals surface area contributed by atoms with Crippen LogP contribution >= 0.6 is 23.5 Å². The fourth-order valence-electron chi connectivity index (χ4n) is 16.6. The van der Waals surface area contributed by atoms with E-state index in [9.17, 15) is 222 Å². The fraction of sp³-hybridized carbons (Fsp3) is 0.971. The number of carboxylic acids is 2. The van der Waals surface area contributed by atoms with Gasteiger partial charge in [0, 0.05) is 19.4 Å². The summed E-state index contributed by atoms with van der Waals surface area (Å²) in [5.41, 5.74) is 5.37. The first-order valence-corrected chi connectivity index (χ1v) is 47.0. The molecule has 10 saturated heterocycles. The molecule has 10 heterocycles. The average Bonchev–Trinajstić information content (AvgIpc) is 0.751. The number of aliphatic hydroxyl groups is 33. The third kappa shape index (κ3) is 26.8. The first kappa shape index (κ1) is 119. The number of hydrogen-bond donors (Lipinski definition) is 40. The number of aliphatic carboxylic acids is 2. The summed E-state index contributed by atoms with van der Waals surface area (Å²) in [6, 6.07) is 0. The van der Waals surface area contributed by atoms with Crippen LogP contribution in [0.5, 0.6) is 0 Å². The molecular formula is C69H120NO67P3. The van der Waals surface area contributed by atoms with Crippen LogP contribution in [-0.2, 0) is 131 Å². The molecule has 0 aromatic carbocycles. The molecule has 10 fully saturated rings. The standard InChI is InChI=1S/C69H120NO67P3/c70-1-2-117-139(111,112)137-140(113,114)136-57-47(18(82)7-73)124-62(126-50-21(4-68(107,66(103)104)133-49(50)19(83)8-74)132-69(67(105)106)3-15(79)27(85)46(134-69)17(81)6-72)44(102)53(57)129-63-43(101)52(56(135-138(108,109)110)48(125-63)20(84)13-115-59-40(98)35(93)38(96)45(123-59)16(80)5-71)128-61-42(100)51(32(90)26(122-61)14-116-58-39(97)33(91)28(86)22(9-75)118-58)127-64-55(37(95)31(89)24(11-77)120-64)131-65-54(36(94)30(88)25(12-78)121-65)130-60-41(99)34(92)29(87)23(10-76)119-60/h15-65,71-102,107H,1-14,70H2,(H,103,104)(H,105,106)(H,111,112)(H,113,114)(H2,108,109,110)/t15-,16+,17-,18+,19-,20+,21-,22-,23-,24-,25-,26-,27-,28+,29-,30-,31+,32-,33+,34+,35+,36+,37+,38+,39-,40+,41-,42-,43+,44+,45-,46-,47-,48-,49-,50-,51+,52-,53-,54-,55-,56-,57-,58+,59+,60-,61-,62-,63-,64-,65-,68-,69-/m1/s1. The molecule has 10 rings (SSSR count). The van der Waals surface area contributed by atoms with Crippen LogP contribution in [0.25, 0.3) is 0 Å². The van der Waals surface area contributed by atoms with Crippen molar-refractivity contribution in [1.29, 1.82) is 0 Å². The maximum Gasteiger partial charge on any atom is 0.481 e. The lowest BCUT2D eigenvalue weighted by atomic mass is 9.89. The Bertz CT molecular complexity index is 4000. The van der Waals surface area contributed by atoms with Gasteiger partial charge in [-0.15, -0.1) is 0 Å². The molecule has 10 aliphatic rings. The normalized spacial score (nSPS) is 47.2. The van der Waals surface area contributed by atoms with Crippen LogP contribution < -0.4 is 5.73 Å². The van der Waals surface area contributed by atoms with E-state index in [2.05, 4.69) is 8.83 Å². The minimum Gasteiger partial charge on any atom is -0.477 e. The summed E-state index contributed by atoms with van der Waals surface area (Å²) in [4.78, 5) is 70.5. The third-order valence-electron chi connectivity index (χ3n) is 24.1. The Hall–Kier alpha value is -2.81. The molecule has 0 aromatic heterocycles. The summed E-state index contributed by atoms with van der Waals surface area (Å²) < 4.78 is 170. The zero-order chi connectivity index (χ0) is 104. The predicted molar refractivity (Wildman–Crippen MR) is 416 cm³/mol. The van der Waals surface area contributed by atoms with Crippen molar-refractivity contribution in [3.8, 4) is 0 Å². The van der Waals surface area contributed by atoms with E-state index in [1.165, 1.54) is 0 Å². The van der Waals surface area contributed by atoms with Gasteiger partial charge in [-0.05, 0) is 0 Å². The molecule has 71 heteroatoms. The van der Waals surface area contributed by atoms with Gasteiger partial charge in [0.25, 0.3) is 11.6 Å². The zero-order valence-electron chi connectivity index (χ0n) is 72.1. The van der Waals surface area contributed by atoms with Crippen molar-refractivity contribution in [1.82, 2.24) is 0 Å². The molecule has 55 atom stereocenters. The highest BCUT2D eigenvalue weighted by Crippen LogP contribution is 2.62. The zero-order valence-corrected chi connectivity index (χ0v) is 74.8. The van der Waals surface area contributed by atoms with Crippen molar-refractivity contribution in [2.75, 3.05) is 79.2 Å². The summed E-state index contributed by atoms with van der Waals surface area (Å²) in [5.74, 6) is -12.4. The fourth-order valence-corrected chi connectivity index (χ4v) is 19.5. The molecule has 0 bridgehead atoms. The maximum absolute atomic E-state index is 14.4. The highest BCUT2D eigenvalue weighted by atomic mass is 31.3. The number of phosphoric ester groups is 3. The highest BCUT2D eigenvalue weighted by Gasteiger charge is 2.67. The van der Waals surface area contributed by atoms with Crippen molar-refractivity contribution < 1.29 is 329 Å². The third-order valence-corrected chi connectivity index (χ3v) is 27.3. The first-order chi connectivity index (χ1) is 65.5. The van der Waals surface area contributed by atoms with E-state index in [1.807, 2.05) is 0 Å². The van der Waals surface area contributed by atoms with Crippen molar-refractivity contribution in [2.45, 2.75) is 337 Å². The predicted octanol–water partition coefficient (Wildman–Crippen LogP) is -24.7. The number of aliphatic hydroxyl groups excluding tert-OH is 32. The minimum absolute atomic E-state index is 0.682. The Morgan fingerprint density at radius 1 is 0.350 bits per heavy atom. The van der Waals surface area contributed by atoms with E-state index in [4.69, 9.17) is 105 Å². The molecule has 0 spiro atoms. The molecule has 41 N–H and O–H groups in total. The second-order valence-electron chi connectivity index (χ2n) is 33.7. The lowest BCUT2D eigenvalue weighted by Gasteiger charge is -2.52. The molecule has 0 radical (unpaired) electrons. The number of hydrogen-bond acceptors (Lipinski definition) is 62. The second kappa shape index (κ2) is 50.0. The van der Waals surface area contributed by atoms with Gasteiger partial charge in [-0.1, -0.05) is 0 Å². The van der Waals surface area contributed by atoms with Crippen LogP contribution in [0.2, 0.25) is 0 Å². The molecule has 0 saturated carbocycles. The molecular weight excluding hydrogens is 2010 g/mol. The van der Waals surface area contributed by atoms with Gasteiger partial charge in [0.2, 0.25) is 0 Å². The Labute approximate surface area is 784 Å². The SMILES string of the molecule is NCCOP(=O)(O)OP(=O)(O)O[C@H]1[C@H](O[C@H]2O[C@H]([C@@H](O)CO[C@H]3O[C@H]([C@@H](O)CO)[C@@H](O)[C@H](O)[C@@H]3O)[C@@H](OP(=O)(O)O)[C@H](O[C@H]3O[C@H](CO[C@H]4O[C@H](CO)[C@H](O)[C@H](O)[C@H]4O)[C@@H](O)[C@H](O[C@H]4O[C@H](CO)[C@H](O)[C@H](O)[C@H]4O[C@H]4O[C@H](CO)[C@@H](O)[C@H](O)[C@H]4O[C@H]4O[C@H](CO)[C@@H](O)[C@H](O)[C@H]4O)[C@H]3O)[C@@H]2O)[C@H](O)[C@@H](O[C@H]2[C@@H]([C@H](O)CO)O[C@@](O)(C(=O)O)C[C@H]2O[C@]2(C(=O)O)C[C@@H](O)[C@@H](O)[C@@H]([C@H](O)CO)O2)O[C@@H]1[C@@H](O)CO. The van der Waals surface area contributed by atoms with Gasteiger partial charge in [-0.2, -0.15) is 4.31 Å². The Balaban J connectivity index is 1.13. The lowest BCUT2D eigenvalue weighted by Crippen LogP contribution is -2.70. The Morgan fingerprint density at radius 3 is 1.21 bits per heavy atom. The number of rotatable bonds is 44. The molecule has 818 valence electrons. The highest BCUT2D eigenvalue weighted by molar-refractivity contribution is 7.61. The van der Waals surface area contributed by atoms with Crippen LogP contribution in [0.3, 0.4) is 0 Å². The first-order valence-electron chi connectivity index (χ1n) is 42.5. The molecule has 0 amide bonds. The molecule has 10 aliphatic heterocycles. The molecule has 0 aliphatic carbocycles. The number of nitrogens with two attached hydrogens (primary N) is 1. The van der Waals surface area contributed by atoms with Gasteiger partial charge in [0.1, 0.15) is 250 Å². The van der Waals surface area contributed by atoms with Gasteiger partial charge in [0.15, 0.2) is 50.3 Å². The summed E-state index contributed by atoms with van der Waals surface area (Å²) in [6.45, 7) is -16.0. The van der Waals surface area contributed by atoms with Crippen LogP contribution in [0.15, 0.2) is 0 Å². The van der Waals surface area contributed by atoms with E-state index < -0.39 is 452 Å². The number of carbonyl (C=O) groups is 2. The second-order valence-corrected chi connectivity index (χ2v) is 37.9. The van der Waals surface area contributed by atoms with E-state index >= 15 is 0 Å². The molecule has 140 heavy (non-hydrogen) atoms. The van der Waals surface area contributed by atoms with E-state index in [0.717, 1.165) is 0 Å². The van der Waals surface area contributed by atoms with Crippen molar-refractivity contribution in [2.24, 2.45) is 5.73 Å². The van der Waals surface area contributed by atoms with Crippen molar-refractivity contribution >= 4 is 35.4 Å². The number of carboxylic acid groups (broad SMARTS) is 2. The van der Waals surface area contributed by atoms with Gasteiger partial charge >= 0.3 is 35.4 Å².